The number of carbonyl (C=O) groups is 1. The van der Waals surface area contributed by atoms with Gasteiger partial charge in [-0.25, -0.2) is 0 Å². The Kier molecular flexibility index (Phi) is 5.91. The molecule has 6 nitrogen and oxygen atoms in total. The molecule has 1 saturated heterocycles. The van der Waals surface area contributed by atoms with Gasteiger partial charge in [-0.3, -0.25) is 14.9 Å². The van der Waals surface area contributed by atoms with Crippen LogP contribution in [0.4, 0.5) is 5.69 Å². The van der Waals surface area contributed by atoms with Crippen molar-refractivity contribution in [3.05, 3.63) is 39.9 Å². The zero-order valence-corrected chi connectivity index (χ0v) is 11.8. The van der Waals surface area contributed by atoms with Crippen molar-refractivity contribution in [2.45, 2.75) is 12.8 Å². The van der Waals surface area contributed by atoms with Gasteiger partial charge in [-0.1, -0.05) is 0 Å². The van der Waals surface area contributed by atoms with Crippen molar-refractivity contribution in [3.63, 3.8) is 0 Å². The molecule has 1 fully saturated rings. The minimum absolute atomic E-state index is 0. The van der Waals surface area contributed by atoms with Gasteiger partial charge < -0.3 is 10.6 Å². The van der Waals surface area contributed by atoms with Crippen LogP contribution in [0.15, 0.2) is 24.3 Å². The monoisotopic (exact) mass is 299 g/mol. The quantitative estimate of drug-likeness (QED) is 0.681. The Morgan fingerprint density at radius 3 is 2.30 bits per heavy atom. The average molecular weight is 300 g/mol. The summed E-state index contributed by atoms with van der Waals surface area (Å²) in [5, 5.41) is 10.6. The summed E-state index contributed by atoms with van der Waals surface area (Å²) >= 11 is 0. The lowest BCUT2D eigenvalue weighted by Crippen LogP contribution is -2.40. The van der Waals surface area contributed by atoms with Gasteiger partial charge >= 0.3 is 0 Å². The number of benzene rings is 1. The van der Waals surface area contributed by atoms with Crippen LogP contribution in [0.2, 0.25) is 0 Å². The summed E-state index contributed by atoms with van der Waals surface area (Å²) in [7, 11) is 0. The number of nitro groups is 1. The highest BCUT2D eigenvalue weighted by molar-refractivity contribution is 5.94. The van der Waals surface area contributed by atoms with Crippen LogP contribution >= 0.6 is 12.4 Å². The molecule has 20 heavy (non-hydrogen) atoms. The standard InChI is InChI=1S/C13H17N3O3.ClH/c14-9-10-5-7-15(8-6-10)13(17)11-1-3-12(4-2-11)16(18)19;/h1-4,10H,5-9,14H2;1H. The Bertz CT molecular complexity index is 470. The molecule has 0 spiro atoms. The number of hydrogen-bond acceptors (Lipinski definition) is 4. The first-order valence-electron chi connectivity index (χ1n) is 6.35. The van der Waals surface area contributed by atoms with Crippen molar-refractivity contribution in [2.75, 3.05) is 19.6 Å². The van der Waals surface area contributed by atoms with Crippen molar-refractivity contribution in [1.29, 1.82) is 0 Å². The van der Waals surface area contributed by atoms with Crippen LogP contribution in [-0.2, 0) is 0 Å². The van der Waals surface area contributed by atoms with Crippen LogP contribution in [0.3, 0.4) is 0 Å². The molecule has 2 N–H and O–H groups in total. The molecular formula is C13H18ClN3O3. The first kappa shape index (κ1) is 16.4. The SMILES string of the molecule is Cl.NCC1CCN(C(=O)c2ccc([N+](=O)[O-])cc2)CC1. The van der Waals surface area contributed by atoms with Crippen molar-refractivity contribution < 1.29 is 9.72 Å². The molecule has 1 aromatic carbocycles. The molecule has 0 aromatic heterocycles. The minimum atomic E-state index is -0.471. The zero-order valence-electron chi connectivity index (χ0n) is 11.0. The Hall–Kier alpha value is -1.66. The van der Waals surface area contributed by atoms with E-state index in [0.29, 0.717) is 31.1 Å². The van der Waals surface area contributed by atoms with Crippen LogP contribution < -0.4 is 5.73 Å². The topological polar surface area (TPSA) is 89.5 Å². The highest BCUT2D eigenvalue weighted by atomic mass is 35.5. The van der Waals surface area contributed by atoms with Crippen molar-refractivity contribution >= 4 is 24.0 Å². The summed E-state index contributed by atoms with van der Waals surface area (Å²) in [4.78, 5) is 24.1. The average Bonchev–Trinajstić information content (AvgIpc) is 2.46. The third-order valence-corrected chi connectivity index (χ3v) is 3.56. The summed E-state index contributed by atoms with van der Waals surface area (Å²) in [6, 6.07) is 5.74. The molecule has 1 aliphatic rings. The third-order valence-electron chi connectivity index (χ3n) is 3.56. The highest BCUT2D eigenvalue weighted by Crippen LogP contribution is 2.19. The van der Waals surface area contributed by atoms with E-state index in [1.54, 1.807) is 4.90 Å². The van der Waals surface area contributed by atoms with E-state index in [1.165, 1.54) is 24.3 Å². The summed E-state index contributed by atoms with van der Waals surface area (Å²) < 4.78 is 0. The van der Waals surface area contributed by atoms with Gasteiger partial charge in [0.2, 0.25) is 0 Å². The van der Waals surface area contributed by atoms with Gasteiger partial charge in [-0.15, -0.1) is 12.4 Å². The Labute approximate surface area is 123 Å². The van der Waals surface area contributed by atoms with Crippen molar-refractivity contribution in [1.82, 2.24) is 4.90 Å². The number of hydrogen-bond donors (Lipinski definition) is 1. The first-order valence-corrected chi connectivity index (χ1v) is 6.35. The number of rotatable bonds is 3. The predicted octanol–water partition coefficient (Wildman–Crippen LogP) is 1.83. The van der Waals surface area contributed by atoms with Crippen LogP contribution in [0, 0.1) is 16.0 Å². The number of non-ortho nitro benzene ring substituents is 1. The summed E-state index contributed by atoms with van der Waals surface area (Å²) in [6.45, 7) is 2.08. The largest absolute Gasteiger partial charge is 0.339 e. The fourth-order valence-electron chi connectivity index (χ4n) is 2.28. The number of nitro benzene ring substituents is 1. The van der Waals surface area contributed by atoms with E-state index >= 15 is 0 Å². The van der Waals surface area contributed by atoms with Gasteiger partial charge in [0, 0.05) is 30.8 Å². The second-order valence-corrected chi connectivity index (χ2v) is 4.78. The maximum atomic E-state index is 12.2. The van der Waals surface area contributed by atoms with E-state index in [1.807, 2.05) is 0 Å². The maximum Gasteiger partial charge on any atom is 0.269 e. The molecule has 1 aromatic rings. The van der Waals surface area contributed by atoms with Gasteiger partial charge in [-0.05, 0) is 37.4 Å². The zero-order chi connectivity index (χ0) is 13.8. The van der Waals surface area contributed by atoms with E-state index in [-0.39, 0.29) is 24.0 Å². The Morgan fingerprint density at radius 1 is 1.30 bits per heavy atom. The Morgan fingerprint density at radius 2 is 1.85 bits per heavy atom. The van der Waals surface area contributed by atoms with Crippen molar-refractivity contribution in [2.24, 2.45) is 11.7 Å². The van der Waals surface area contributed by atoms with Gasteiger partial charge in [0.1, 0.15) is 0 Å². The number of likely N-dealkylation sites (tertiary alicyclic amines) is 1. The van der Waals surface area contributed by atoms with Crippen LogP contribution in [0.1, 0.15) is 23.2 Å². The van der Waals surface area contributed by atoms with Crippen molar-refractivity contribution in [3.8, 4) is 0 Å². The number of nitrogens with two attached hydrogens (primary N) is 1. The minimum Gasteiger partial charge on any atom is -0.339 e. The lowest BCUT2D eigenvalue weighted by Gasteiger charge is -2.31. The van der Waals surface area contributed by atoms with Gasteiger partial charge in [-0.2, -0.15) is 0 Å². The number of nitrogens with zero attached hydrogens (tertiary/aromatic N) is 2. The number of amides is 1. The maximum absolute atomic E-state index is 12.2. The van der Waals surface area contributed by atoms with Gasteiger partial charge in [0.15, 0.2) is 0 Å². The highest BCUT2D eigenvalue weighted by Gasteiger charge is 2.23. The first-order chi connectivity index (χ1) is 9.11. The molecule has 1 amide bonds. The molecule has 110 valence electrons. The van der Waals surface area contributed by atoms with E-state index in [4.69, 9.17) is 5.73 Å². The molecule has 0 radical (unpaired) electrons. The molecule has 1 aliphatic heterocycles. The van der Waals surface area contributed by atoms with E-state index < -0.39 is 4.92 Å². The number of piperidine rings is 1. The molecule has 0 atom stereocenters. The van der Waals surface area contributed by atoms with Gasteiger partial charge in [0.05, 0.1) is 4.92 Å². The van der Waals surface area contributed by atoms with Crippen LogP contribution in [0.25, 0.3) is 0 Å². The lowest BCUT2D eigenvalue weighted by atomic mass is 9.96. The lowest BCUT2D eigenvalue weighted by molar-refractivity contribution is -0.384. The number of carbonyl (C=O) groups excluding carboxylic acids is 1. The molecule has 0 unspecified atom stereocenters. The summed E-state index contributed by atoms with van der Waals surface area (Å²) in [6.07, 6.45) is 1.85. The summed E-state index contributed by atoms with van der Waals surface area (Å²) in [5.41, 5.74) is 6.11. The second kappa shape index (κ2) is 7.21. The molecule has 0 bridgehead atoms. The normalized spacial score (nSPS) is 15.6. The third kappa shape index (κ3) is 3.68. The van der Waals surface area contributed by atoms with Crippen LogP contribution in [-0.4, -0.2) is 35.4 Å². The molecule has 1 heterocycles. The van der Waals surface area contributed by atoms with Crippen LogP contribution in [0.5, 0.6) is 0 Å². The fourth-order valence-corrected chi connectivity index (χ4v) is 2.28. The predicted molar refractivity (Wildman–Crippen MR) is 78.0 cm³/mol. The molecule has 0 aliphatic carbocycles. The van der Waals surface area contributed by atoms with E-state index in [2.05, 4.69) is 0 Å². The van der Waals surface area contributed by atoms with Gasteiger partial charge in [0.25, 0.3) is 11.6 Å². The molecular weight excluding hydrogens is 282 g/mol. The molecule has 2 rings (SSSR count). The molecule has 0 saturated carbocycles. The second-order valence-electron chi connectivity index (χ2n) is 4.78. The van der Waals surface area contributed by atoms with E-state index in [0.717, 1.165) is 12.8 Å². The number of halogens is 1. The smallest absolute Gasteiger partial charge is 0.269 e. The fraction of sp³-hybridized carbons (Fsp3) is 0.462. The summed E-state index contributed by atoms with van der Waals surface area (Å²) in [5.74, 6) is 0.436. The Balaban J connectivity index is 0.00000200. The molecule has 7 heteroatoms. The van der Waals surface area contributed by atoms with E-state index in [9.17, 15) is 14.9 Å².